The zero-order valence-corrected chi connectivity index (χ0v) is 12.2. The van der Waals surface area contributed by atoms with Crippen molar-refractivity contribution in [3.05, 3.63) is 28.3 Å². The van der Waals surface area contributed by atoms with Crippen molar-refractivity contribution in [2.24, 2.45) is 5.92 Å². The third-order valence-corrected chi connectivity index (χ3v) is 5.02. The monoisotopic (exact) mass is 316 g/mol. The molecule has 1 aliphatic heterocycles. The van der Waals surface area contributed by atoms with Gasteiger partial charge in [0.05, 0.1) is 16.4 Å². The summed E-state index contributed by atoms with van der Waals surface area (Å²) in [5.74, 6) is -0.497. The smallest absolute Gasteiger partial charge is 0.312 e. The second-order valence-electron chi connectivity index (χ2n) is 4.94. The molecule has 0 aliphatic carbocycles. The number of nitrogens with one attached hydrogen (secondary N) is 1. The van der Waals surface area contributed by atoms with Crippen molar-refractivity contribution in [2.45, 2.75) is 24.3 Å². The largest absolute Gasteiger partial charge is 0.502 e. The van der Waals surface area contributed by atoms with Crippen LogP contribution in [0.1, 0.15) is 13.3 Å². The summed E-state index contributed by atoms with van der Waals surface area (Å²) in [5.41, 5.74) is -0.644. The molecule has 0 saturated carbocycles. The van der Waals surface area contributed by atoms with Gasteiger partial charge in [-0.1, -0.05) is 0 Å². The molecular formula is C12H16N2O6S. The van der Waals surface area contributed by atoms with Crippen LogP contribution in [0.2, 0.25) is 0 Å². The topological polar surface area (TPSA) is 119 Å². The van der Waals surface area contributed by atoms with E-state index in [0.717, 1.165) is 24.6 Å². The summed E-state index contributed by atoms with van der Waals surface area (Å²) in [7, 11) is -3.89. The van der Waals surface area contributed by atoms with Gasteiger partial charge in [-0.15, -0.1) is 0 Å². The number of hydrogen-bond donors (Lipinski definition) is 2. The summed E-state index contributed by atoms with van der Waals surface area (Å²) < 4.78 is 32.2. The van der Waals surface area contributed by atoms with E-state index in [1.165, 1.54) is 0 Å². The molecule has 0 amide bonds. The Kier molecular flexibility index (Phi) is 4.45. The number of phenols is 1. The van der Waals surface area contributed by atoms with Crippen LogP contribution in [0.15, 0.2) is 23.1 Å². The molecular weight excluding hydrogens is 300 g/mol. The maximum absolute atomic E-state index is 12.2. The molecule has 8 nitrogen and oxygen atoms in total. The molecule has 2 atom stereocenters. The minimum Gasteiger partial charge on any atom is -0.502 e. The van der Waals surface area contributed by atoms with Crippen LogP contribution in [0, 0.1) is 16.0 Å². The van der Waals surface area contributed by atoms with E-state index in [1.807, 2.05) is 0 Å². The predicted molar refractivity (Wildman–Crippen MR) is 73.5 cm³/mol. The molecule has 116 valence electrons. The van der Waals surface area contributed by atoms with Gasteiger partial charge in [0, 0.05) is 24.6 Å². The van der Waals surface area contributed by atoms with Crippen LogP contribution in [-0.4, -0.2) is 37.7 Å². The number of aromatic hydroxyl groups is 1. The lowest BCUT2D eigenvalue weighted by Crippen LogP contribution is -2.38. The van der Waals surface area contributed by atoms with Crippen molar-refractivity contribution in [1.29, 1.82) is 0 Å². The van der Waals surface area contributed by atoms with Gasteiger partial charge in [0.1, 0.15) is 0 Å². The summed E-state index contributed by atoms with van der Waals surface area (Å²) in [4.78, 5) is 9.66. The van der Waals surface area contributed by atoms with E-state index in [9.17, 15) is 23.6 Å². The fourth-order valence-electron chi connectivity index (χ4n) is 2.17. The molecule has 0 radical (unpaired) electrons. The molecule has 1 fully saturated rings. The second-order valence-corrected chi connectivity index (χ2v) is 6.66. The normalized spacial score (nSPS) is 20.3. The van der Waals surface area contributed by atoms with Crippen LogP contribution >= 0.6 is 0 Å². The van der Waals surface area contributed by atoms with Gasteiger partial charge in [-0.25, -0.2) is 13.1 Å². The first-order valence-electron chi connectivity index (χ1n) is 6.39. The number of sulfonamides is 1. The lowest BCUT2D eigenvalue weighted by atomic mass is 10.0. The summed E-state index contributed by atoms with van der Waals surface area (Å²) in [5, 5.41) is 20.1. The quantitative estimate of drug-likeness (QED) is 0.618. The van der Waals surface area contributed by atoms with E-state index < -0.39 is 26.4 Å². The van der Waals surface area contributed by atoms with Gasteiger partial charge in [0.25, 0.3) is 0 Å². The summed E-state index contributed by atoms with van der Waals surface area (Å²) in [6, 6.07) is 2.62. The van der Waals surface area contributed by atoms with Crippen LogP contribution in [-0.2, 0) is 14.8 Å². The zero-order valence-electron chi connectivity index (χ0n) is 11.4. The highest BCUT2D eigenvalue weighted by molar-refractivity contribution is 7.89. The summed E-state index contributed by atoms with van der Waals surface area (Å²) >= 11 is 0. The van der Waals surface area contributed by atoms with Gasteiger partial charge in [-0.2, -0.15) is 0 Å². The van der Waals surface area contributed by atoms with Crippen molar-refractivity contribution in [1.82, 2.24) is 4.72 Å². The second kappa shape index (κ2) is 5.96. The van der Waals surface area contributed by atoms with Crippen molar-refractivity contribution in [3.8, 4) is 5.75 Å². The van der Waals surface area contributed by atoms with Crippen LogP contribution in [0.4, 0.5) is 5.69 Å². The molecule has 9 heteroatoms. The number of rotatable bonds is 5. The summed E-state index contributed by atoms with van der Waals surface area (Å²) in [6.07, 6.45) is 0.763. The molecule has 2 unspecified atom stereocenters. The van der Waals surface area contributed by atoms with E-state index in [2.05, 4.69) is 4.72 Å². The lowest BCUT2D eigenvalue weighted by Gasteiger charge is -2.19. The fourth-order valence-corrected chi connectivity index (χ4v) is 3.50. The molecule has 2 N–H and O–H groups in total. The zero-order chi connectivity index (χ0) is 15.6. The number of ether oxygens (including phenoxy) is 1. The van der Waals surface area contributed by atoms with Crippen LogP contribution in [0.25, 0.3) is 0 Å². The molecule has 0 aromatic heterocycles. The van der Waals surface area contributed by atoms with E-state index >= 15 is 0 Å². The number of nitro groups is 1. The first-order valence-corrected chi connectivity index (χ1v) is 7.87. The summed E-state index contributed by atoms with van der Waals surface area (Å²) in [6.45, 7) is 2.81. The van der Waals surface area contributed by atoms with E-state index in [1.54, 1.807) is 6.92 Å². The Hall–Kier alpha value is -1.71. The predicted octanol–water partition coefficient (Wildman–Crippen LogP) is 1.00. The lowest BCUT2D eigenvalue weighted by molar-refractivity contribution is -0.386. The Labute approximate surface area is 121 Å². The molecule has 2 rings (SSSR count). The average molecular weight is 316 g/mol. The van der Waals surface area contributed by atoms with Gasteiger partial charge in [0.2, 0.25) is 10.0 Å². The van der Waals surface area contributed by atoms with E-state index in [-0.39, 0.29) is 16.9 Å². The first kappa shape index (κ1) is 15.7. The molecule has 1 aromatic carbocycles. The highest BCUT2D eigenvalue weighted by Gasteiger charge is 2.28. The average Bonchev–Trinajstić information content (AvgIpc) is 2.92. The van der Waals surface area contributed by atoms with Crippen LogP contribution < -0.4 is 4.72 Å². The molecule has 1 heterocycles. The number of nitrogens with zero attached hydrogens (tertiary/aromatic N) is 1. The van der Waals surface area contributed by atoms with Gasteiger partial charge in [-0.05, 0) is 25.5 Å². The minimum atomic E-state index is -3.89. The molecule has 0 bridgehead atoms. The van der Waals surface area contributed by atoms with Crippen molar-refractivity contribution in [2.75, 3.05) is 13.2 Å². The van der Waals surface area contributed by atoms with E-state index in [0.29, 0.717) is 13.2 Å². The minimum absolute atomic E-state index is 0.0758. The van der Waals surface area contributed by atoms with E-state index in [4.69, 9.17) is 4.74 Å². The number of phenolic OH excluding ortho intramolecular Hbond substituents is 1. The Morgan fingerprint density at radius 3 is 2.81 bits per heavy atom. The number of nitro benzene ring substituents is 1. The first-order chi connectivity index (χ1) is 9.81. The van der Waals surface area contributed by atoms with Gasteiger partial charge in [-0.3, -0.25) is 10.1 Å². The molecule has 21 heavy (non-hydrogen) atoms. The third-order valence-electron chi connectivity index (χ3n) is 3.47. The van der Waals surface area contributed by atoms with Crippen LogP contribution in [0.3, 0.4) is 0 Å². The van der Waals surface area contributed by atoms with Gasteiger partial charge >= 0.3 is 5.69 Å². The highest BCUT2D eigenvalue weighted by Crippen LogP contribution is 2.28. The number of hydrogen-bond acceptors (Lipinski definition) is 6. The van der Waals surface area contributed by atoms with Crippen molar-refractivity contribution >= 4 is 15.7 Å². The maximum atomic E-state index is 12.2. The Morgan fingerprint density at radius 2 is 2.24 bits per heavy atom. The maximum Gasteiger partial charge on any atom is 0.312 e. The molecule has 1 aromatic rings. The Bertz CT molecular complexity index is 639. The molecule has 1 saturated heterocycles. The van der Waals surface area contributed by atoms with Crippen molar-refractivity contribution in [3.63, 3.8) is 0 Å². The fraction of sp³-hybridized carbons (Fsp3) is 0.500. The number of benzene rings is 1. The Morgan fingerprint density at radius 1 is 1.52 bits per heavy atom. The SMILES string of the molecule is CC(NS(=O)(=O)c1ccc(O)c([N+](=O)[O-])c1)C1CCOC1. The standard InChI is InChI=1S/C12H16N2O6S/c1-8(9-4-5-20-7-9)13-21(18,19)10-2-3-12(15)11(6-10)14(16)17/h2-3,6,8-9,13,15H,4-5,7H2,1H3. The highest BCUT2D eigenvalue weighted by atomic mass is 32.2. The molecule has 1 aliphatic rings. The van der Waals surface area contributed by atoms with Crippen molar-refractivity contribution < 1.29 is 23.2 Å². The van der Waals surface area contributed by atoms with Crippen LogP contribution in [0.5, 0.6) is 5.75 Å². The third kappa shape index (κ3) is 3.49. The van der Waals surface area contributed by atoms with Gasteiger partial charge < -0.3 is 9.84 Å². The van der Waals surface area contributed by atoms with Gasteiger partial charge in [0.15, 0.2) is 5.75 Å². The molecule has 0 spiro atoms. The Balaban J connectivity index is 2.23.